The van der Waals surface area contributed by atoms with Gasteiger partial charge in [0.15, 0.2) is 0 Å². The average Bonchev–Trinajstić information content (AvgIpc) is 2.21. The minimum atomic E-state index is -0.505. The Morgan fingerprint density at radius 2 is 2.12 bits per heavy atom. The molecule has 0 aromatic rings. The lowest BCUT2D eigenvalue weighted by molar-refractivity contribution is -0.0132. The van der Waals surface area contributed by atoms with E-state index in [9.17, 15) is 9.90 Å². The van der Waals surface area contributed by atoms with Crippen LogP contribution < -0.4 is 10.6 Å². The van der Waals surface area contributed by atoms with E-state index in [4.69, 9.17) is 4.74 Å². The quantitative estimate of drug-likeness (QED) is 0.630. The van der Waals surface area contributed by atoms with Crippen molar-refractivity contribution in [2.24, 2.45) is 5.92 Å². The van der Waals surface area contributed by atoms with E-state index in [0.717, 1.165) is 19.4 Å². The molecule has 1 saturated carbocycles. The summed E-state index contributed by atoms with van der Waals surface area (Å²) in [6, 6.07) is -0.0650. The third kappa shape index (κ3) is 2.90. The average molecular weight is 242 g/mol. The fourth-order valence-electron chi connectivity index (χ4n) is 2.67. The summed E-state index contributed by atoms with van der Waals surface area (Å²) >= 11 is 0. The third-order valence-electron chi connectivity index (χ3n) is 3.46. The van der Waals surface area contributed by atoms with E-state index in [0.29, 0.717) is 5.92 Å². The largest absolute Gasteiger partial charge is 0.444 e. The number of fused-ring (bicyclic) bond motifs is 3. The first-order chi connectivity index (χ1) is 7.87. The lowest BCUT2D eigenvalue weighted by Crippen LogP contribution is -2.66. The molecule has 3 N–H and O–H groups in total. The molecule has 0 radical (unpaired) electrons. The van der Waals surface area contributed by atoms with E-state index in [1.807, 2.05) is 20.8 Å². The van der Waals surface area contributed by atoms with Crippen LogP contribution in [0.3, 0.4) is 0 Å². The van der Waals surface area contributed by atoms with Gasteiger partial charge in [0, 0.05) is 12.6 Å². The number of aliphatic hydroxyl groups is 1. The molecule has 4 atom stereocenters. The number of ether oxygens (including phenoxy) is 1. The number of carbonyl (C=O) groups is 1. The van der Waals surface area contributed by atoms with Gasteiger partial charge < -0.3 is 20.5 Å². The van der Waals surface area contributed by atoms with Gasteiger partial charge in [0.05, 0.1) is 12.1 Å². The smallest absolute Gasteiger partial charge is 0.407 e. The van der Waals surface area contributed by atoms with Crippen molar-refractivity contribution in [1.82, 2.24) is 10.6 Å². The van der Waals surface area contributed by atoms with Gasteiger partial charge in [-0.2, -0.15) is 0 Å². The number of carbonyl (C=O) groups excluding carboxylic acids is 1. The van der Waals surface area contributed by atoms with Gasteiger partial charge in [-0.1, -0.05) is 0 Å². The first-order valence-electron chi connectivity index (χ1n) is 6.28. The summed E-state index contributed by atoms with van der Waals surface area (Å²) < 4.78 is 5.21. The number of alkyl carbamates (subject to hydrolysis) is 1. The van der Waals surface area contributed by atoms with Gasteiger partial charge in [-0.3, -0.25) is 0 Å². The normalized spacial score (nSPS) is 36.7. The van der Waals surface area contributed by atoms with Crippen molar-refractivity contribution >= 4 is 6.09 Å². The maximum absolute atomic E-state index is 11.7. The van der Waals surface area contributed by atoms with Crippen LogP contribution in [0.5, 0.6) is 0 Å². The van der Waals surface area contributed by atoms with Gasteiger partial charge in [-0.15, -0.1) is 0 Å². The Balaban J connectivity index is 1.92. The van der Waals surface area contributed by atoms with Gasteiger partial charge in [0.25, 0.3) is 0 Å². The lowest BCUT2D eigenvalue weighted by atomic mass is 9.75. The Kier molecular flexibility index (Phi) is 3.32. The minimum Gasteiger partial charge on any atom is -0.444 e. The van der Waals surface area contributed by atoms with Crippen LogP contribution in [0.4, 0.5) is 4.79 Å². The van der Waals surface area contributed by atoms with E-state index in [2.05, 4.69) is 10.6 Å². The minimum absolute atomic E-state index is 0.111. The van der Waals surface area contributed by atoms with Crippen molar-refractivity contribution in [3.8, 4) is 0 Å². The standard InChI is InChI=1S/C12H22N2O3/c1-12(2,3)17-11(16)14-9-7-4-5-8(10(9)15)13-6-7/h7-10,13,15H,4-6H2,1-3H3,(H,14,16)/t7-,8+,9-,10-/m0/s1. The van der Waals surface area contributed by atoms with Crippen LogP contribution in [-0.4, -0.2) is 41.5 Å². The number of nitrogens with one attached hydrogen (secondary N) is 2. The molecule has 0 unspecified atom stereocenters. The Hall–Kier alpha value is -0.810. The molecule has 2 saturated heterocycles. The van der Waals surface area contributed by atoms with Crippen LogP contribution in [0.15, 0.2) is 0 Å². The molecule has 3 rings (SSSR count). The molecule has 0 spiro atoms. The van der Waals surface area contributed by atoms with E-state index in [1.54, 1.807) is 0 Å². The summed E-state index contributed by atoms with van der Waals surface area (Å²) in [5.41, 5.74) is -0.499. The Labute approximate surface area is 102 Å². The summed E-state index contributed by atoms with van der Waals surface area (Å²) in [4.78, 5) is 11.7. The number of aliphatic hydroxyl groups excluding tert-OH is 1. The van der Waals surface area contributed by atoms with Crippen LogP contribution in [0, 0.1) is 5.92 Å². The Bertz CT molecular complexity index is 291. The van der Waals surface area contributed by atoms with Crippen molar-refractivity contribution in [1.29, 1.82) is 0 Å². The maximum Gasteiger partial charge on any atom is 0.407 e. The lowest BCUT2D eigenvalue weighted by Gasteiger charge is -2.46. The molecule has 98 valence electrons. The van der Waals surface area contributed by atoms with Crippen molar-refractivity contribution in [3.63, 3.8) is 0 Å². The highest BCUT2D eigenvalue weighted by molar-refractivity contribution is 5.68. The molecule has 0 aromatic carbocycles. The number of piperidine rings is 2. The summed E-state index contributed by atoms with van der Waals surface area (Å²) in [5, 5.41) is 16.2. The van der Waals surface area contributed by atoms with E-state index in [1.165, 1.54) is 0 Å². The second kappa shape index (κ2) is 4.46. The molecule has 3 aliphatic rings. The Morgan fingerprint density at radius 1 is 1.41 bits per heavy atom. The Morgan fingerprint density at radius 3 is 2.59 bits per heavy atom. The summed E-state index contributed by atoms with van der Waals surface area (Å²) in [7, 11) is 0. The van der Waals surface area contributed by atoms with Crippen molar-refractivity contribution < 1.29 is 14.6 Å². The zero-order valence-corrected chi connectivity index (χ0v) is 10.7. The number of hydrogen-bond donors (Lipinski definition) is 3. The maximum atomic E-state index is 11.7. The molecule has 5 nitrogen and oxygen atoms in total. The monoisotopic (exact) mass is 242 g/mol. The molecule has 1 amide bonds. The molecule has 2 bridgehead atoms. The van der Waals surface area contributed by atoms with Gasteiger partial charge in [0.2, 0.25) is 0 Å². The fourth-order valence-corrected chi connectivity index (χ4v) is 2.67. The zero-order valence-electron chi connectivity index (χ0n) is 10.7. The van der Waals surface area contributed by atoms with E-state index >= 15 is 0 Å². The second-order valence-corrected chi connectivity index (χ2v) is 6.01. The zero-order chi connectivity index (χ0) is 12.6. The van der Waals surface area contributed by atoms with Crippen LogP contribution in [-0.2, 0) is 4.74 Å². The fraction of sp³-hybridized carbons (Fsp3) is 0.917. The summed E-state index contributed by atoms with van der Waals surface area (Å²) in [6.07, 6.45) is 1.09. The molecule has 5 heteroatoms. The first kappa shape index (κ1) is 12.6. The summed E-state index contributed by atoms with van der Waals surface area (Å²) in [6.45, 7) is 6.36. The number of hydrogen-bond acceptors (Lipinski definition) is 4. The number of amides is 1. The molecular weight excluding hydrogens is 220 g/mol. The van der Waals surface area contributed by atoms with Crippen molar-refractivity contribution in [3.05, 3.63) is 0 Å². The van der Waals surface area contributed by atoms with Crippen molar-refractivity contribution in [2.45, 2.75) is 57.4 Å². The number of rotatable bonds is 1. The highest BCUT2D eigenvalue weighted by Gasteiger charge is 2.43. The highest BCUT2D eigenvalue weighted by atomic mass is 16.6. The SMILES string of the molecule is CC(C)(C)OC(=O)N[C@H]1[C@H]2CC[C@@H](NC2)[C@@H]1O. The molecule has 0 aromatic heterocycles. The molecule has 1 aliphatic carbocycles. The molecule has 2 heterocycles. The predicted molar refractivity (Wildman–Crippen MR) is 63.7 cm³/mol. The predicted octanol–water partition coefficient (Wildman–Crippen LogP) is 0.622. The third-order valence-corrected chi connectivity index (χ3v) is 3.46. The van der Waals surface area contributed by atoms with Gasteiger partial charge >= 0.3 is 6.09 Å². The summed E-state index contributed by atoms with van der Waals surface area (Å²) in [5.74, 6) is 0.308. The van der Waals surface area contributed by atoms with Gasteiger partial charge in [-0.25, -0.2) is 4.79 Å². The highest BCUT2D eigenvalue weighted by Crippen LogP contribution is 2.29. The van der Waals surface area contributed by atoms with Crippen LogP contribution >= 0.6 is 0 Å². The van der Waals surface area contributed by atoms with E-state index < -0.39 is 17.8 Å². The molecular formula is C12H22N2O3. The van der Waals surface area contributed by atoms with Crippen LogP contribution in [0.25, 0.3) is 0 Å². The first-order valence-corrected chi connectivity index (χ1v) is 6.28. The second-order valence-electron chi connectivity index (χ2n) is 6.01. The van der Waals surface area contributed by atoms with Gasteiger partial charge in [-0.05, 0) is 39.5 Å². The van der Waals surface area contributed by atoms with Crippen LogP contribution in [0.2, 0.25) is 0 Å². The molecule has 2 aliphatic heterocycles. The van der Waals surface area contributed by atoms with E-state index in [-0.39, 0.29) is 12.1 Å². The van der Waals surface area contributed by atoms with Gasteiger partial charge in [0.1, 0.15) is 5.60 Å². The van der Waals surface area contributed by atoms with Crippen molar-refractivity contribution in [2.75, 3.05) is 6.54 Å². The topological polar surface area (TPSA) is 70.6 Å². The molecule has 3 fully saturated rings. The van der Waals surface area contributed by atoms with Crippen LogP contribution in [0.1, 0.15) is 33.6 Å². The molecule has 17 heavy (non-hydrogen) atoms.